The van der Waals surface area contributed by atoms with Crippen molar-refractivity contribution < 1.29 is 28.8 Å². The van der Waals surface area contributed by atoms with Gasteiger partial charge in [-0.15, -0.1) is 11.8 Å². The van der Waals surface area contributed by atoms with Crippen molar-refractivity contribution in [1.29, 1.82) is 0 Å². The number of aryl methyl sites for hydroxylation is 2. The normalized spacial score (nSPS) is 12.3. The summed E-state index contributed by atoms with van der Waals surface area (Å²) in [5.41, 5.74) is 5.06. The Kier molecular flexibility index (Phi) is 9.94. The zero-order valence-electron chi connectivity index (χ0n) is 28.2. The van der Waals surface area contributed by atoms with Crippen LogP contribution < -0.4 is 14.2 Å². The number of aliphatic hydroxyl groups excluding tert-OH is 1. The molecule has 0 aliphatic carbocycles. The standard InChI is InChI=1S/C39H38ClN3O6S/c1-4-47-39(45)37-29(30-15-16-31(40)34(36(30)42(37)2)35-32(22-44)41-43-17-19-49-38(35)43)10-7-18-48-33-21-27(20-25-8-5-6-9-28(25)33)50-23-24-11-13-26(46-3)14-12-24/h5-6,8-9,11-16,20-21,44H,4,7,10,17-19,22-23H2,1-3H3. The number of thioether (sulfide) groups is 1. The summed E-state index contributed by atoms with van der Waals surface area (Å²) >= 11 is 8.65. The van der Waals surface area contributed by atoms with Gasteiger partial charge in [0.1, 0.15) is 23.8 Å². The summed E-state index contributed by atoms with van der Waals surface area (Å²) in [6.45, 7) is 3.28. The minimum atomic E-state index is -0.407. The maximum atomic E-state index is 13.5. The number of carbonyl (C=O) groups is 1. The van der Waals surface area contributed by atoms with Crippen molar-refractivity contribution in [3.05, 3.63) is 100 Å². The predicted octanol–water partition coefficient (Wildman–Crippen LogP) is 8.22. The Balaban J connectivity index is 1.17. The molecular weight excluding hydrogens is 674 g/mol. The Morgan fingerprint density at radius 1 is 1.06 bits per heavy atom. The first-order valence-corrected chi connectivity index (χ1v) is 18.0. The molecule has 1 aliphatic rings. The highest BCUT2D eigenvalue weighted by atomic mass is 35.5. The van der Waals surface area contributed by atoms with Crippen molar-refractivity contribution in [3.63, 3.8) is 0 Å². The number of rotatable bonds is 13. The number of hydrogen-bond acceptors (Lipinski definition) is 8. The summed E-state index contributed by atoms with van der Waals surface area (Å²) in [5.74, 6) is 2.64. The van der Waals surface area contributed by atoms with Crippen LogP contribution in [0.2, 0.25) is 5.02 Å². The van der Waals surface area contributed by atoms with Gasteiger partial charge >= 0.3 is 5.97 Å². The van der Waals surface area contributed by atoms with Gasteiger partial charge in [0.05, 0.1) is 55.3 Å². The Labute approximate surface area is 299 Å². The first-order chi connectivity index (χ1) is 24.4. The number of fused-ring (bicyclic) bond motifs is 3. The zero-order valence-corrected chi connectivity index (χ0v) is 29.8. The number of esters is 1. The summed E-state index contributed by atoms with van der Waals surface area (Å²) in [5, 5.41) is 18.3. The number of hydrogen-bond donors (Lipinski definition) is 1. The molecule has 1 N–H and O–H groups in total. The van der Waals surface area contributed by atoms with Crippen molar-refractivity contribution in [2.24, 2.45) is 7.05 Å². The van der Waals surface area contributed by atoms with Crippen LogP contribution >= 0.6 is 23.4 Å². The second kappa shape index (κ2) is 14.7. The fourth-order valence-corrected chi connectivity index (χ4v) is 7.88. The average molecular weight is 712 g/mol. The van der Waals surface area contributed by atoms with Gasteiger partial charge in [0.2, 0.25) is 5.88 Å². The lowest BCUT2D eigenvalue weighted by atomic mass is 9.99. The lowest BCUT2D eigenvalue weighted by Crippen LogP contribution is -2.13. The summed E-state index contributed by atoms with van der Waals surface area (Å²) in [4.78, 5) is 14.6. The number of nitrogens with zero attached hydrogens (tertiary/aromatic N) is 3. The van der Waals surface area contributed by atoms with E-state index in [1.807, 2.05) is 48.0 Å². The van der Waals surface area contributed by atoms with Crippen molar-refractivity contribution in [1.82, 2.24) is 14.3 Å². The van der Waals surface area contributed by atoms with E-state index in [4.69, 9.17) is 30.5 Å². The van der Waals surface area contributed by atoms with E-state index in [2.05, 4.69) is 41.5 Å². The largest absolute Gasteiger partial charge is 0.497 e. The fourth-order valence-electron chi connectivity index (χ4n) is 6.70. The maximum Gasteiger partial charge on any atom is 0.355 e. The molecule has 3 heterocycles. The number of carbonyl (C=O) groups excluding carboxylic acids is 1. The molecule has 2 aromatic heterocycles. The molecule has 11 heteroatoms. The molecule has 0 atom stereocenters. The van der Waals surface area contributed by atoms with E-state index in [1.165, 1.54) is 5.56 Å². The minimum Gasteiger partial charge on any atom is -0.497 e. The minimum absolute atomic E-state index is 0.246. The lowest BCUT2D eigenvalue weighted by Gasteiger charge is -2.13. The Hall–Kier alpha value is -4.64. The number of ether oxygens (including phenoxy) is 4. The van der Waals surface area contributed by atoms with E-state index >= 15 is 0 Å². The molecule has 1 aliphatic heterocycles. The number of aromatic nitrogens is 3. The van der Waals surface area contributed by atoms with Crippen LogP contribution in [0.5, 0.6) is 17.4 Å². The van der Waals surface area contributed by atoms with Crippen LogP contribution in [0.4, 0.5) is 0 Å². The summed E-state index contributed by atoms with van der Waals surface area (Å²) in [6, 6.07) is 24.5. The van der Waals surface area contributed by atoms with Crippen molar-refractivity contribution >= 4 is 51.0 Å². The van der Waals surface area contributed by atoms with E-state index < -0.39 is 5.97 Å². The third-order valence-corrected chi connectivity index (χ3v) is 10.3. The van der Waals surface area contributed by atoms with Gasteiger partial charge < -0.3 is 28.6 Å². The molecule has 0 fully saturated rings. The van der Waals surface area contributed by atoms with Gasteiger partial charge in [-0.25, -0.2) is 9.48 Å². The third kappa shape index (κ3) is 6.39. The second-order valence-electron chi connectivity index (χ2n) is 12.0. The van der Waals surface area contributed by atoms with Crippen LogP contribution in [0.3, 0.4) is 0 Å². The predicted molar refractivity (Wildman–Crippen MR) is 197 cm³/mol. The Morgan fingerprint density at radius 3 is 2.66 bits per heavy atom. The molecule has 0 spiro atoms. The van der Waals surface area contributed by atoms with E-state index in [1.54, 1.807) is 30.5 Å². The molecule has 0 saturated heterocycles. The molecule has 4 aromatic carbocycles. The fraction of sp³-hybridized carbons (Fsp3) is 0.282. The van der Waals surface area contributed by atoms with Gasteiger partial charge in [-0.05, 0) is 66.6 Å². The summed E-state index contributed by atoms with van der Waals surface area (Å²) in [6.07, 6.45) is 1.21. The summed E-state index contributed by atoms with van der Waals surface area (Å²) in [7, 11) is 3.52. The van der Waals surface area contributed by atoms with Crippen LogP contribution in [0.25, 0.3) is 32.8 Å². The summed E-state index contributed by atoms with van der Waals surface area (Å²) < 4.78 is 26.9. The van der Waals surface area contributed by atoms with Gasteiger partial charge in [-0.2, -0.15) is 5.10 Å². The van der Waals surface area contributed by atoms with Gasteiger partial charge in [-0.3, -0.25) is 0 Å². The van der Waals surface area contributed by atoms with Gasteiger partial charge in [-0.1, -0.05) is 54.1 Å². The van der Waals surface area contributed by atoms with E-state index in [-0.39, 0.29) is 13.2 Å². The lowest BCUT2D eigenvalue weighted by molar-refractivity contribution is 0.0514. The van der Waals surface area contributed by atoms with Crippen LogP contribution in [-0.2, 0) is 37.1 Å². The van der Waals surface area contributed by atoms with Crippen molar-refractivity contribution in [2.45, 2.75) is 43.6 Å². The molecular formula is C39H38ClN3O6S. The van der Waals surface area contributed by atoms with Crippen molar-refractivity contribution in [2.75, 3.05) is 26.9 Å². The zero-order chi connectivity index (χ0) is 34.8. The monoisotopic (exact) mass is 711 g/mol. The first-order valence-electron chi connectivity index (χ1n) is 16.6. The third-order valence-electron chi connectivity index (χ3n) is 8.99. The molecule has 9 nitrogen and oxygen atoms in total. The van der Waals surface area contributed by atoms with Crippen LogP contribution in [0, 0.1) is 0 Å². The molecule has 0 amide bonds. The molecule has 6 aromatic rings. The SMILES string of the molecule is CCOC(=O)c1c(CCCOc2cc(SCc3ccc(OC)cc3)cc3ccccc23)c2ccc(Cl)c(-c3c(CO)nn4c3OCC4)c2n1C. The maximum absolute atomic E-state index is 13.5. The highest BCUT2D eigenvalue weighted by Gasteiger charge is 2.31. The molecule has 7 rings (SSSR count). The van der Waals surface area contributed by atoms with Gasteiger partial charge in [0.25, 0.3) is 0 Å². The number of aliphatic hydroxyl groups is 1. The first kappa shape index (κ1) is 33.8. The topological polar surface area (TPSA) is 97.0 Å². The van der Waals surface area contributed by atoms with Crippen LogP contribution in [0.15, 0.2) is 77.7 Å². The van der Waals surface area contributed by atoms with E-state index in [9.17, 15) is 9.90 Å². The quantitative estimate of drug-likeness (QED) is 0.0728. The second-order valence-corrected chi connectivity index (χ2v) is 13.5. The number of methoxy groups -OCH3 is 1. The van der Waals surface area contributed by atoms with Gasteiger partial charge in [0.15, 0.2) is 0 Å². The molecule has 0 unspecified atom stereocenters. The Bertz CT molecular complexity index is 2190. The van der Waals surface area contributed by atoms with Crippen LogP contribution in [0.1, 0.15) is 40.7 Å². The molecule has 0 saturated carbocycles. The molecule has 50 heavy (non-hydrogen) atoms. The molecule has 0 radical (unpaired) electrons. The van der Waals surface area contributed by atoms with Crippen molar-refractivity contribution in [3.8, 4) is 28.5 Å². The number of halogens is 1. The smallest absolute Gasteiger partial charge is 0.355 e. The Morgan fingerprint density at radius 2 is 1.88 bits per heavy atom. The average Bonchev–Trinajstić information content (AvgIpc) is 3.81. The molecule has 258 valence electrons. The van der Waals surface area contributed by atoms with Gasteiger partial charge in [0, 0.05) is 34.0 Å². The molecule has 0 bridgehead atoms. The van der Waals surface area contributed by atoms with Crippen LogP contribution in [-0.4, -0.2) is 52.4 Å². The number of benzene rings is 4. The highest BCUT2D eigenvalue weighted by molar-refractivity contribution is 7.98. The van der Waals surface area contributed by atoms with E-state index in [0.717, 1.165) is 49.4 Å². The van der Waals surface area contributed by atoms with E-state index in [0.29, 0.717) is 66.0 Å². The highest BCUT2D eigenvalue weighted by Crippen LogP contribution is 2.45.